The van der Waals surface area contributed by atoms with Crippen molar-refractivity contribution in [2.45, 2.75) is 32.2 Å². The minimum Gasteiger partial charge on any atom is -0.318 e. The minimum absolute atomic E-state index is 0.210. The van der Waals surface area contributed by atoms with Crippen LogP contribution in [0.15, 0.2) is 30.3 Å². The van der Waals surface area contributed by atoms with E-state index in [-0.39, 0.29) is 6.42 Å². The fraction of sp³-hybridized carbons (Fsp3) is 0.385. The highest BCUT2D eigenvalue weighted by molar-refractivity contribution is 5.77. The molecule has 5 heteroatoms. The van der Waals surface area contributed by atoms with Gasteiger partial charge in [-0.3, -0.25) is 0 Å². The molecule has 0 fully saturated rings. The van der Waals surface area contributed by atoms with E-state index in [0.717, 1.165) is 5.56 Å². The van der Waals surface area contributed by atoms with Crippen molar-refractivity contribution in [1.29, 1.82) is 0 Å². The Morgan fingerprint density at radius 1 is 1.22 bits per heavy atom. The van der Waals surface area contributed by atoms with E-state index in [1.165, 1.54) is 0 Å². The lowest BCUT2D eigenvalue weighted by Gasteiger charge is -2.09. The quantitative estimate of drug-likeness (QED) is 0.631. The Labute approximate surface area is 106 Å². The maximum atomic E-state index is 11.4. The third kappa shape index (κ3) is 4.97. The van der Waals surface area contributed by atoms with Crippen LogP contribution in [0.25, 0.3) is 0 Å². The third-order valence-electron chi connectivity index (χ3n) is 2.27. The van der Waals surface area contributed by atoms with Gasteiger partial charge in [0.2, 0.25) is 0 Å². The molecule has 18 heavy (non-hydrogen) atoms. The summed E-state index contributed by atoms with van der Waals surface area (Å²) in [5.41, 5.74) is 6.56. The second-order valence-corrected chi connectivity index (χ2v) is 3.90. The van der Waals surface area contributed by atoms with Crippen LogP contribution in [0.2, 0.25) is 0 Å². The van der Waals surface area contributed by atoms with Crippen LogP contribution in [0.3, 0.4) is 0 Å². The van der Waals surface area contributed by atoms with Crippen molar-refractivity contribution in [1.82, 2.24) is 0 Å². The molecular weight excluding hydrogens is 234 g/mol. The summed E-state index contributed by atoms with van der Waals surface area (Å²) in [7, 11) is 0. The van der Waals surface area contributed by atoms with Gasteiger partial charge in [-0.25, -0.2) is 19.4 Å². The van der Waals surface area contributed by atoms with Gasteiger partial charge in [-0.1, -0.05) is 37.3 Å². The number of rotatable bonds is 5. The number of carbonyl (C=O) groups is 2. The molecule has 2 N–H and O–H groups in total. The summed E-state index contributed by atoms with van der Waals surface area (Å²) in [5, 5.41) is 0. The van der Waals surface area contributed by atoms with E-state index in [9.17, 15) is 9.59 Å². The number of hydrogen-bond donors (Lipinski definition) is 1. The van der Waals surface area contributed by atoms with E-state index >= 15 is 0 Å². The molecule has 1 atom stereocenters. The summed E-state index contributed by atoms with van der Waals surface area (Å²) < 4.78 is 0. The SMILES string of the molecule is CCCC(=O)OOC(=O)C(N)Cc1ccccc1. The van der Waals surface area contributed by atoms with Gasteiger partial charge in [-0.15, -0.1) is 0 Å². The van der Waals surface area contributed by atoms with Gasteiger partial charge in [-0.2, -0.15) is 0 Å². The van der Waals surface area contributed by atoms with Crippen molar-refractivity contribution < 1.29 is 19.4 Å². The highest BCUT2D eigenvalue weighted by Gasteiger charge is 2.18. The number of nitrogens with two attached hydrogens (primary N) is 1. The molecule has 1 unspecified atom stereocenters. The van der Waals surface area contributed by atoms with Crippen LogP contribution in [0.5, 0.6) is 0 Å². The van der Waals surface area contributed by atoms with Gasteiger partial charge in [0.25, 0.3) is 0 Å². The van der Waals surface area contributed by atoms with Gasteiger partial charge in [0.05, 0.1) is 0 Å². The van der Waals surface area contributed by atoms with Crippen LogP contribution in [0, 0.1) is 0 Å². The third-order valence-corrected chi connectivity index (χ3v) is 2.27. The molecule has 1 aromatic rings. The predicted octanol–water partition coefficient (Wildman–Crippen LogP) is 1.36. The van der Waals surface area contributed by atoms with Gasteiger partial charge in [0.1, 0.15) is 6.04 Å². The van der Waals surface area contributed by atoms with E-state index in [0.29, 0.717) is 12.8 Å². The Hall–Kier alpha value is -1.88. The topological polar surface area (TPSA) is 78.6 Å². The lowest BCUT2D eigenvalue weighted by Crippen LogP contribution is -2.34. The fourth-order valence-corrected chi connectivity index (χ4v) is 1.35. The Morgan fingerprint density at radius 2 is 1.89 bits per heavy atom. The first kappa shape index (κ1) is 14.2. The van der Waals surface area contributed by atoms with Crippen molar-refractivity contribution >= 4 is 11.9 Å². The van der Waals surface area contributed by atoms with Gasteiger partial charge >= 0.3 is 11.9 Å². The van der Waals surface area contributed by atoms with E-state index in [1.54, 1.807) is 0 Å². The Morgan fingerprint density at radius 3 is 2.50 bits per heavy atom. The van der Waals surface area contributed by atoms with Gasteiger partial charge in [0.15, 0.2) is 0 Å². The van der Waals surface area contributed by atoms with Crippen molar-refractivity contribution in [2.75, 3.05) is 0 Å². The summed E-state index contributed by atoms with van der Waals surface area (Å²) >= 11 is 0. The first-order valence-corrected chi connectivity index (χ1v) is 5.84. The van der Waals surface area contributed by atoms with Crippen LogP contribution in [-0.4, -0.2) is 18.0 Å². The van der Waals surface area contributed by atoms with Crippen molar-refractivity contribution in [3.63, 3.8) is 0 Å². The maximum Gasteiger partial charge on any atom is 0.372 e. The Balaban J connectivity index is 2.35. The summed E-state index contributed by atoms with van der Waals surface area (Å²) in [6.07, 6.45) is 1.18. The predicted molar refractivity (Wildman–Crippen MR) is 65.2 cm³/mol. The van der Waals surface area contributed by atoms with Gasteiger partial charge in [0, 0.05) is 6.42 Å². The molecule has 0 bridgehead atoms. The number of carbonyl (C=O) groups excluding carboxylic acids is 2. The Kier molecular flexibility index (Phi) is 5.87. The average Bonchev–Trinajstić information content (AvgIpc) is 2.37. The van der Waals surface area contributed by atoms with Gasteiger partial charge < -0.3 is 5.73 Å². The van der Waals surface area contributed by atoms with Crippen LogP contribution >= 0.6 is 0 Å². The van der Waals surface area contributed by atoms with Crippen molar-refractivity contribution in [3.05, 3.63) is 35.9 Å². The zero-order chi connectivity index (χ0) is 13.4. The van der Waals surface area contributed by atoms with Crippen LogP contribution in [0.1, 0.15) is 25.3 Å². The monoisotopic (exact) mass is 251 g/mol. The summed E-state index contributed by atoms with van der Waals surface area (Å²) in [6, 6.07) is 8.46. The highest BCUT2D eigenvalue weighted by Crippen LogP contribution is 2.03. The highest BCUT2D eigenvalue weighted by atomic mass is 17.2. The maximum absolute atomic E-state index is 11.4. The molecule has 0 saturated heterocycles. The van der Waals surface area contributed by atoms with Crippen molar-refractivity contribution in [2.24, 2.45) is 5.73 Å². The molecule has 98 valence electrons. The molecule has 0 aliphatic heterocycles. The molecule has 0 spiro atoms. The number of hydrogen-bond acceptors (Lipinski definition) is 5. The lowest BCUT2D eigenvalue weighted by molar-refractivity contribution is -0.260. The zero-order valence-electron chi connectivity index (χ0n) is 10.3. The fourth-order valence-electron chi connectivity index (χ4n) is 1.35. The smallest absolute Gasteiger partial charge is 0.318 e. The first-order valence-electron chi connectivity index (χ1n) is 5.84. The van der Waals surface area contributed by atoms with Crippen LogP contribution in [-0.2, 0) is 25.8 Å². The van der Waals surface area contributed by atoms with Crippen molar-refractivity contribution in [3.8, 4) is 0 Å². The molecule has 1 aromatic carbocycles. The van der Waals surface area contributed by atoms with E-state index in [2.05, 4.69) is 9.78 Å². The largest absolute Gasteiger partial charge is 0.372 e. The molecule has 0 amide bonds. The summed E-state index contributed by atoms with van der Waals surface area (Å²) in [4.78, 5) is 31.1. The zero-order valence-corrected chi connectivity index (χ0v) is 10.3. The standard InChI is InChI=1S/C13H17NO4/c1-2-6-12(15)17-18-13(16)11(14)9-10-7-4-3-5-8-10/h3-5,7-8,11H,2,6,9,14H2,1H3. The Bertz CT molecular complexity index is 391. The van der Waals surface area contributed by atoms with E-state index < -0.39 is 18.0 Å². The summed E-state index contributed by atoms with van der Waals surface area (Å²) in [5.74, 6) is -1.32. The molecular formula is C13H17NO4. The molecule has 0 aromatic heterocycles. The average molecular weight is 251 g/mol. The molecule has 0 aliphatic carbocycles. The van der Waals surface area contributed by atoms with Crippen LogP contribution in [0.4, 0.5) is 0 Å². The van der Waals surface area contributed by atoms with Crippen LogP contribution < -0.4 is 5.73 Å². The molecule has 1 rings (SSSR count). The lowest BCUT2D eigenvalue weighted by atomic mass is 10.1. The first-order chi connectivity index (χ1) is 8.63. The molecule has 0 heterocycles. The molecule has 5 nitrogen and oxygen atoms in total. The minimum atomic E-state index is -0.846. The van der Waals surface area contributed by atoms with E-state index in [4.69, 9.17) is 5.73 Å². The second-order valence-electron chi connectivity index (χ2n) is 3.90. The normalized spacial score (nSPS) is 11.7. The molecule has 0 saturated carbocycles. The number of benzene rings is 1. The van der Waals surface area contributed by atoms with E-state index in [1.807, 2.05) is 37.3 Å². The summed E-state index contributed by atoms with van der Waals surface area (Å²) in [6.45, 7) is 1.82. The van der Waals surface area contributed by atoms with Gasteiger partial charge in [-0.05, 0) is 18.4 Å². The molecule has 0 aliphatic rings. The second kappa shape index (κ2) is 7.45. The molecule has 0 radical (unpaired) electrons.